The van der Waals surface area contributed by atoms with E-state index in [4.69, 9.17) is 9.72 Å². The second-order valence-corrected chi connectivity index (χ2v) is 7.07. The summed E-state index contributed by atoms with van der Waals surface area (Å²) in [7, 11) is 0. The summed E-state index contributed by atoms with van der Waals surface area (Å²) in [6.45, 7) is 3.83. The van der Waals surface area contributed by atoms with Crippen molar-refractivity contribution in [2.45, 2.75) is 44.9 Å². The van der Waals surface area contributed by atoms with Crippen LogP contribution in [0.25, 0.3) is 0 Å². The van der Waals surface area contributed by atoms with E-state index < -0.39 is 6.10 Å². The van der Waals surface area contributed by atoms with Gasteiger partial charge in [0.1, 0.15) is 17.4 Å². The Morgan fingerprint density at radius 3 is 2.93 bits per heavy atom. The molecule has 4 rings (SSSR count). The van der Waals surface area contributed by atoms with Gasteiger partial charge in [-0.2, -0.15) is 0 Å². The summed E-state index contributed by atoms with van der Waals surface area (Å²) in [6, 6.07) is 5.93. The summed E-state index contributed by atoms with van der Waals surface area (Å²) in [5, 5.41) is 3.42. The number of carbonyl (C=O) groups is 1. The molecular formula is C20H23FN4O2. The van der Waals surface area contributed by atoms with Crippen molar-refractivity contribution in [1.29, 1.82) is 0 Å². The van der Waals surface area contributed by atoms with Crippen LogP contribution in [0.5, 0.6) is 5.75 Å². The lowest BCUT2D eigenvalue weighted by atomic mass is 10.1. The van der Waals surface area contributed by atoms with E-state index in [1.165, 1.54) is 24.3 Å². The fourth-order valence-electron chi connectivity index (χ4n) is 3.62. The monoisotopic (exact) mass is 370 g/mol. The van der Waals surface area contributed by atoms with Crippen molar-refractivity contribution in [3.05, 3.63) is 53.4 Å². The van der Waals surface area contributed by atoms with Gasteiger partial charge in [-0.3, -0.25) is 4.79 Å². The van der Waals surface area contributed by atoms with Gasteiger partial charge in [0.25, 0.3) is 5.91 Å². The van der Waals surface area contributed by atoms with Gasteiger partial charge in [-0.1, -0.05) is 0 Å². The third-order valence-electron chi connectivity index (χ3n) is 5.11. The van der Waals surface area contributed by atoms with Crippen LogP contribution < -0.4 is 10.1 Å². The maximum Gasteiger partial charge on any atom is 0.263 e. The number of rotatable bonds is 4. The lowest BCUT2D eigenvalue weighted by Gasteiger charge is -2.30. The maximum atomic E-state index is 13.0. The van der Waals surface area contributed by atoms with Gasteiger partial charge in [0.05, 0.1) is 11.7 Å². The van der Waals surface area contributed by atoms with E-state index in [0.29, 0.717) is 25.3 Å². The van der Waals surface area contributed by atoms with Gasteiger partial charge in [-0.15, -0.1) is 0 Å². The topological polar surface area (TPSA) is 67.3 Å². The molecule has 2 aliphatic rings. The number of ether oxygens (including phenoxy) is 1. The summed E-state index contributed by atoms with van der Waals surface area (Å²) in [6.07, 6.45) is 4.15. The number of nitrogens with one attached hydrogen (secondary N) is 1. The van der Waals surface area contributed by atoms with Crippen LogP contribution in [0.3, 0.4) is 0 Å². The Morgan fingerprint density at radius 2 is 2.19 bits per heavy atom. The molecule has 7 heteroatoms. The van der Waals surface area contributed by atoms with Crippen LogP contribution in [0.15, 0.2) is 30.5 Å². The van der Waals surface area contributed by atoms with Gasteiger partial charge in [-0.25, -0.2) is 14.4 Å². The largest absolute Gasteiger partial charge is 0.481 e. The van der Waals surface area contributed by atoms with Crippen LogP contribution in [-0.2, 0) is 17.8 Å². The number of amides is 1. The molecule has 2 unspecified atom stereocenters. The molecular weight excluding hydrogens is 347 g/mol. The Labute approximate surface area is 157 Å². The summed E-state index contributed by atoms with van der Waals surface area (Å²) < 4.78 is 18.7. The first-order valence-electron chi connectivity index (χ1n) is 9.39. The van der Waals surface area contributed by atoms with E-state index in [9.17, 15) is 9.18 Å². The second kappa shape index (κ2) is 7.60. The number of carbonyl (C=O) groups excluding carboxylic acids is 1. The lowest BCUT2D eigenvalue weighted by Crippen LogP contribution is -2.43. The van der Waals surface area contributed by atoms with Crippen LogP contribution >= 0.6 is 0 Å². The van der Waals surface area contributed by atoms with Crippen molar-refractivity contribution >= 4 is 5.91 Å². The average Bonchev–Trinajstić information content (AvgIpc) is 3.23. The predicted molar refractivity (Wildman–Crippen MR) is 97.6 cm³/mol. The molecule has 0 saturated carbocycles. The normalized spacial score (nSPS) is 20.2. The molecule has 0 aliphatic carbocycles. The van der Waals surface area contributed by atoms with Gasteiger partial charge in [0, 0.05) is 31.3 Å². The van der Waals surface area contributed by atoms with Gasteiger partial charge in [0.15, 0.2) is 6.10 Å². The molecule has 1 N–H and O–H groups in total. The molecule has 1 saturated heterocycles. The molecule has 3 heterocycles. The molecule has 2 aromatic rings. The molecule has 0 radical (unpaired) electrons. The first-order valence-corrected chi connectivity index (χ1v) is 9.39. The molecule has 1 fully saturated rings. The van der Waals surface area contributed by atoms with Crippen LogP contribution in [0.2, 0.25) is 0 Å². The molecule has 1 amide bonds. The second-order valence-electron chi connectivity index (χ2n) is 7.07. The zero-order valence-corrected chi connectivity index (χ0v) is 15.3. The van der Waals surface area contributed by atoms with E-state index in [-0.39, 0.29) is 17.8 Å². The van der Waals surface area contributed by atoms with Crippen LogP contribution in [0, 0.1) is 5.82 Å². The number of hydrogen-bond acceptors (Lipinski definition) is 5. The van der Waals surface area contributed by atoms with Gasteiger partial charge in [0.2, 0.25) is 0 Å². The fraction of sp³-hybridized carbons (Fsp3) is 0.450. The number of benzene rings is 1. The van der Waals surface area contributed by atoms with E-state index in [1.54, 1.807) is 11.8 Å². The highest BCUT2D eigenvalue weighted by Gasteiger charge is 2.28. The third kappa shape index (κ3) is 3.93. The maximum absolute atomic E-state index is 13.0. The standard InChI is InChI=1S/C20H23FN4O2/c1-13(27-16-6-4-15(21)5-7-16)20(26)25-10-8-17-14(12-25)11-23-19(24-17)18-3-2-9-22-18/h4-7,11,13,18,22H,2-3,8-10,12H2,1H3. The number of hydrogen-bond donors (Lipinski definition) is 1. The van der Waals surface area contributed by atoms with Crippen LogP contribution in [0.1, 0.15) is 42.9 Å². The third-order valence-corrected chi connectivity index (χ3v) is 5.11. The van der Waals surface area contributed by atoms with Crippen molar-refractivity contribution in [2.75, 3.05) is 13.1 Å². The molecule has 1 aromatic carbocycles. The molecule has 2 aliphatic heterocycles. The molecule has 2 atom stereocenters. The molecule has 1 aromatic heterocycles. The smallest absolute Gasteiger partial charge is 0.263 e. The highest BCUT2D eigenvalue weighted by Crippen LogP contribution is 2.24. The van der Waals surface area contributed by atoms with Crippen molar-refractivity contribution < 1.29 is 13.9 Å². The Hall–Kier alpha value is -2.54. The molecule has 27 heavy (non-hydrogen) atoms. The quantitative estimate of drug-likeness (QED) is 0.895. The van der Waals surface area contributed by atoms with Crippen LogP contribution in [-0.4, -0.2) is 40.0 Å². The fourth-order valence-corrected chi connectivity index (χ4v) is 3.62. The Bertz CT molecular complexity index is 821. The molecule has 0 spiro atoms. The molecule has 142 valence electrons. The first-order chi connectivity index (χ1) is 13.1. The van der Waals surface area contributed by atoms with E-state index in [0.717, 1.165) is 36.5 Å². The Morgan fingerprint density at radius 1 is 1.37 bits per heavy atom. The Balaban J connectivity index is 1.40. The number of nitrogens with zero attached hydrogens (tertiary/aromatic N) is 3. The minimum atomic E-state index is -0.639. The molecule has 0 bridgehead atoms. The highest BCUT2D eigenvalue weighted by molar-refractivity contribution is 5.81. The average molecular weight is 370 g/mol. The zero-order valence-electron chi connectivity index (χ0n) is 15.3. The number of aromatic nitrogens is 2. The van der Waals surface area contributed by atoms with Gasteiger partial charge < -0.3 is 15.0 Å². The van der Waals surface area contributed by atoms with E-state index in [1.807, 2.05) is 6.20 Å². The summed E-state index contributed by atoms with van der Waals surface area (Å²) in [4.78, 5) is 23.7. The summed E-state index contributed by atoms with van der Waals surface area (Å²) in [5.74, 6) is 0.915. The first kappa shape index (κ1) is 17.9. The minimum absolute atomic E-state index is 0.0912. The molecule has 6 nitrogen and oxygen atoms in total. The van der Waals surface area contributed by atoms with Crippen molar-refractivity contribution in [3.8, 4) is 5.75 Å². The van der Waals surface area contributed by atoms with Crippen molar-refractivity contribution in [1.82, 2.24) is 20.2 Å². The lowest BCUT2D eigenvalue weighted by molar-refractivity contribution is -0.138. The Kier molecular flexibility index (Phi) is 5.03. The summed E-state index contributed by atoms with van der Waals surface area (Å²) in [5.41, 5.74) is 2.02. The summed E-state index contributed by atoms with van der Waals surface area (Å²) >= 11 is 0. The predicted octanol–water partition coefficient (Wildman–Crippen LogP) is 2.39. The zero-order chi connectivity index (χ0) is 18.8. The SMILES string of the molecule is CC(Oc1ccc(F)cc1)C(=O)N1CCc2nc(C3CCCN3)ncc2C1. The van der Waals surface area contributed by atoms with Gasteiger partial charge >= 0.3 is 0 Å². The van der Waals surface area contributed by atoms with Gasteiger partial charge in [-0.05, 0) is 50.6 Å². The highest BCUT2D eigenvalue weighted by atomic mass is 19.1. The minimum Gasteiger partial charge on any atom is -0.481 e. The van der Waals surface area contributed by atoms with Crippen molar-refractivity contribution in [2.24, 2.45) is 0 Å². The van der Waals surface area contributed by atoms with Crippen molar-refractivity contribution in [3.63, 3.8) is 0 Å². The van der Waals surface area contributed by atoms with Crippen LogP contribution in [0.4, 0.5) is 4.39 Å². The van der Waals surface area contributed by atoms with E-state index in [2.05, 4.69) is 10.3 Å². The van der Waals surface area contributed by atoms with E-state index >= 15 is 0 Å². The number of fused-ring (bicyclic) bond motifs is 1. The number of halogens is 1.